The number of halogens is 1. The van der Waals surface area contributed by atoms with Gasteiger partial charge in [-0.15, -0.1) is 0 Å². The molecular formula is C22H29FN4O3. The summed E-state index contributed by atoms with van der Waals surface area (Å²) in [5, 5.41) is 0. The summed E-state index contributed by atoms with van der Waals surface area (Å²) in [6.07, 6.45) is 4.83. The number of rotatable bonds is 5. The largest absolute Gasteiger partial charge is 0.496 e. The number of benzene rings is 1. The molecule has 0 unspecified atom stereocenters. The summed E-state index contributed by atoms with van der Waals surface area (Å²) in [4.78, 5) is 24.5. The Kier molecular flexibility index (Phi) is 6.52. The van der Waals surface area contributed by atoms with Gasteiger partial charge in [-0.1, -0.05) is 12.8 Å². The first-order chi connectivity index (χ1) is 14.6. The van der Waals surface area contributed by atoms with Gasteiger partial charge in [0.05, 0.1) is 20.3 Å². The summed E-state index contributed by atoms with van der Waals surface area (Å²) in [7, 11) is 1.60. The van der Waals surface area contributed by atoms with Gasteiger partial charge >= 0.3 is 0 Å². The summed E-state index contributed by atoms with van der Waals surface area (Å²) >= 11 is 0. The van der Waals surface area contributed by atoms with Crippen molar-refractivity contribution in [3.05, 3.63) is 46.0 Å². The van der Waals surface area contributed by atoms with Crippen LogP contribution >= 0.6 is 0 Å². The molecule has 3 heterocycles. The maximum Gasteiger partial charge on any atom is 0.254 e. The smallest absolute Gasteiger partial charge is 0.254 e. The zero-order chi connectivity index (χ0) is 20.9. The van der Waals surface area contributed by atoms with E-state index in [1.165, 1.54) is 6.07 Å². The van der Waals surface area contributed by atoms with Gasteiger partial charge in [-0.2, -0.15) is 4.98 Å². The highest BCUT2D eigenvalue weighted by molar-refractivity contribution is 5.45. The van der Waals surface area contributed by atoms with Crippen LogP contribution in [0.25, 0.3) is 0 Å². The molecule has 0 bridgehead atoms. The molecule has 0 amide bonds. The second-order valence-electron chi connectivity index (χ2n) is 7.88. The topological polar surface area (TPSA) is 70.7 Å². The van der Waals surface area contributed by atoms with Gasteiger partial charge in [0.15, 0.2) is 0 Å². The van der Waals surface area contributed by atoms with Crippen molar-refractivity contribution in [2.45, 2.75) is 38.1 Å². The number of nitrogens with zero attached hydrogens (tertiary/aromatic N) is 3. The number of anilines is 2. The number of hydrogen-bond acceptors (Lipinski definition) is 6. The van der Waals surface area contributed by atoms with Gasteiger partial charge in [0, 0.05) is 31.7 Å². The molecule has 2 aliphatic rings. The SMILES string of the molecule is COc1ccc(F)cc1C[C@H]1CCCCCN1c1nc(N2CCOCC2)cc(=O)[nH]1. The van der Waals surface area contributed by atoms with Gasteiger partial charge < -0.3 is 19.3 Å². The van der Waals surface area contributed by atoms with Crippen LogP contribution in [0.3, 0.4) is 0 Å². The monoisotopic (exact) mass is 416 g/mol. The Balaban J connectivity index is 1.64. The Morgan fingerprint density at radius 1 is 1.20 bits per heavy atom. The highest BCUT2D eigenvalue weighted by Gasteiger charge is 2.26. The Hall–Kier alpha value is -2.61. The standard InChI is InChI=1S/C22H29FN4O3/c1-29-19-7-6-17(23)13-16(19)14-18-5-3-2-4-8-27(18)22-24-20(15-21(28)25-22)26-9-11-30-12-10-26/h6-7,13,15,18H,2-5,8-12,14H2,1H3,(H,24,25,28)/t18-/m1/s1. The normalized spacial score (nSPS) is 20.1. The average molecular weight is 416 g/mol. The molecule has 4 rings (SSSR count). The molecule has 0 spiro atoms. The average Bonchev–Trinajstić information content (AvgIpc) is 2.99. The van der Waals surface area contributed by atoms with Crippen LogP contribution in [0.2, 0.25) is 0 Å². The van der Waals surface area contributed by atoms with Crippen molar-refractivity contribution in [3.63, 3.8) is 0 Å². The molecule has 162 valence electrons. The zero-order valence-corrected chi connectivity index (χ0v) is 17.4. The number of methoxy groups -OCH3 is 1. The number of H-pyrrole nitrogens is 1. The van der Waals surface area contributed by atoms with E-state index in [1.54, 1.807) is 25.3 Å². The van der Waals surface area contributed by atoms with Crippen molar-refractivity contribution < 1.29 is 13.9 Å². The van der Waals surface area contributed by atoms with Gasteiger partial charge in [-0.25, -0.2) is 4.39 Å². The van der Waals surface area contributed by atoms with E-state index in [1.807, 2.05) is 0 Å². The van der Waals surface area contributed by atoms with Crippen LogP contribution in [0.5, 0.6) is 5.75 Å². The van der Waals surface area contributed by atoms with Crippen LogP contribution in [-0.2, 0) is 11.2 Å². The van der Waals surface area contributed by atoms with E-state index in [2.05, 4.69) is 14.8 Å². The van der Waals surface area contributed by atoms with Crippen molar-refractivity contribution in [2.24, 2.45) is 0 Å². The van der Waals surface area contributed by atoms with Crippen molar-refractivity contribution in [2.75, 3.05) is 49.8 Å². The summed E-state index contributed by atoms with van der Waals surface area (Å²) < 4.78 is 24.8. The third kappa shape index (κ3) is 4.75. The molecule has 7 nitrogen and oxygen atoms in total. The van der Waals surface area contributed by atoms with Crippen molar-refractivity contribution >= 4 is 11.8 Å². The van der Waals surface area contributed by atoms with Gasteiger partial charge in [0.1, 0.15) is 17.4 Å². The van der Waals surface area contributed by atoms with E-state index in [9.17, 15) is 9.18 Å². The zero-order valence-electron chi connectivity index (χ0n) is 17.4. The summed E-state index contributed by atoms with van der Waals surface area (Å²) in [6, 6.07) is 6.29. The number of aromatic nitrogens is 2. The molecule has 1 aromatic carbocycles. The van der Waals surface area contributed by atoms with Gasteiger partial charge in [-0.05, 0) is 43.0 Å². The molecular weight excluding hydrogens is 387 g/mol. The minimum absolute atomic E-state index is 0.103. The Bertz CT molecular complexity index is 913. The van der Waals surface area contributed by atoms with Crippen LogP contribution in [0.4, 0.5) is 16.2 Å². The molecule has 30 heavy (non-hydrogen) atoms. The minimum Gasteiger partial charge on any atom is -0.496 e. The van der Waals surface area contributed by atoms with Crippen LogP contribution in [0, 0.1) is 5.82 Å². The Morgan fingerprint density at radius 3 is 2.83 bits per heavy atom. The first-order valence-corrected chi connectivity index (χ1v) is 10.7. The third-order valence-electron chi connectivity index (χ3n) is 5.90. The molecule has 1 aromatic heterocycles. The lowest BCUT2D eigenvalue weighted by Gasteiger charge is -2.33. The highest BCUT2D eigenvalue weighted by atomic mass is 19.1. The molecule has 2 aliphatic heterocycles. The maximum atomic E-state index is 13.9. The lowest BCUT2D eigenvalue weighted by atomic mass is 10.00. The molecule has 2 aromatic rings. The molecule has 0 radical (unpaired) electrons. The second kappa shape index (κ2) is 9.47. The van der Waals surface area contributed by atoms with E-state index in [4.69, 9.17) is 14.5 Å². The third-order valence-corrected chi connectivity index (χ3v) is 5.90. The van der Waals surface area contributed by atoms with Crippen LogP contribution in [0.1, 0.15) is 31.2 Å². The van der Waals surface area contributed by atoms with E-state index < -0.39 is 0 Å². The molecule has 2 saturated heterocycles. The number of aromatic amines is 1. The second-order valence-corrected chi connectivity index (χ2v) is 7.88. The van der Waals surface area contributed by atoms with Crippen LogP contribution in [-0.4, -0.2) is 56.0 Å². The Morgan fingerprint density at radius 2 is 2.03 bits per heavy atom. The van der Waals surface area contributed by atoms with Gasteiger partial charge in [0.2, 0.25) is 5.95 Å². The van der Waals surface area contributed by atoms with Crippen molar-refractivity contribution in [3.8, 4) is 5.75 Å². The van der Waals surface area contributed by atoms with E-state index >= 15 is 0 Å². The highest BCUT2D eigenvalue weighted by Crippen LogP contribution is 2.28. The first kappa shape index (κ1) is 20.7. The number of nitrogens with one attached hydrogen (secondary N) is 1. The van der Waals surface area contributed by atoms with Crippen molar-refractivity contribution in [1.29, 1.82) is 0 Å². The number of ether oxygens (including phenoxy) is 2. The molecule has 0 aliphatic carbocycles. The molecule has 8 heteroatoms. The lowest BCUT2D eigenvalue weighted by molar-refractivity contribution is 0.122. The molecule has 2 fully saturated rings. The predicted molar refractivity (Wildman–Crippen MR) is 114 cm³/mol. The van der Waals surface area contributed by atoms with Crippen LogP contribution < -0.4 is 20.1 Å². The number of hydrogen-bond donors (Lipinski definition) is 1. The van der Waals surface area contributed by atoms with Gasteiger partial charge in [-0.3, -0.25) is 9.78 Å². The summed E-state index contributed by atoms with van der Waals surface area (Å²) in [6.45, 7) is 3.52. The first-order valence-electron chi connectivity index (χ1n) is 10.7. The molecule has 1 atom stereocenters. The Labute approximate surface area is 175 Å². The van der Waals surface area contributed by atoms with E-state index in [0.717, 1.165) is 50.9 Å². The molecule has 1 N–H and O–H groups in total. The summed E-state index contributed by atoms with van der Waals surface area (Å²) in [5.74, 6) is 1.69. The fourth-order valence-electron chi connectivity index (χ4n) is 4.35. The fourth-order valence-corrected chi connectivity index (χ4v) is 4.35. The quantitative estimate of drug-likeness (QED) is 0.808. The summed E-state index contributed by atoms with van der Waals surface area (Å²) in [5.41, 5.74) is 0.675. The predicted octanol–water partition coefficient (Wildman–Crippen LogP) is 2.75. The fraction of sp³-hybridized carbons (Fsp3) is 0.545. The number of morpholine rings is 1. The maximum absolute atomic E-state index is 13.9. The lowest BCUT2D eigenvalue weighted by Crippen LogP contribution is -2.41. The van der Waals surface area contributed by atoms with Crippen molar-refractivity contribution in [1.82, 2.24) is 9.97 Å². The van der Waals surface area contributed by atoms with E-state index in [0.29, 0.717) is 37.2 Å². The molecule has 0 saturated carbocycles. The van der Waals surface area contributed by atoms with E-state index in [-0.39, 0.29) is 17.4 Å². The minimum atomic E-state index is -0.271. The van der Waals surface area contributed by atoms with Gasteiger partial charge in [0.25, 0.3) is 5.56 Å². The van der Waals surface area contributed by atoms with Crippen LogP contribution in [0.15, 0.2) is 29.1 Å².